The average Bonchev–Trinajstić information content (AvgIpc) is 3.66. The summed E-state index contributed by atoms with van der Waals surface area (Å²) in [6.45, 7) is 4.90. The van der Waals surface area contributed by atoms with Crippen LogP contribution in [0.25, 0.3) is 0 Å². The van der Waals surface area contributed by atoms with Crippen molar-refractivity contribution in [1.29, 1.82) is 0 Å². The van der Waals surface area contributed by atoms with E-state index in [1.165, 1.54) is 29.5 Å². The lowest BCUT2D eigenvalue weighted by Gasteiger charge is -2.66. The Balaban J connectivity index is 1.32. The van der Waals surface area contributed by atoms with Crippen LogP contribution in [0.1, 0.15) is 62.1 Å². The lowest BCUT2D eigenvalue weighted by atomic mass is 9.45. The van der Waals surface area contributed by atoms with Gasteiger partial charge in [0.05, 0.1) is 18.1 Å². The van der Waals surface area contributed by atoms with Gasteiger partial charge < -0.3 is 14.2 Å². The molecule has 2 saturated carbocycles. The SMILES string of the molecule is COc1ccc2c3c1OC1(C)C(=O)CC[C@@]4(OCCCc5ccccc5)[C@@H](C2)N(CC2CC2)CC[C@]314. The number of Topliss-reactive ketones (excluding diaryl/α,β-unsaturated/α-hetero) is 1. The fourth-order valence-corrected chi connectivity index (χ4v) is 8.30. The Kier molecular flexibility index (Phi) is 5.11. The van der Waals surface area contributed by atoms with Crippen LogP contribution in [0.15, 0.2) is 42.5 Å². The standard InChI is InChI=1S/C31H37NO4/c1-29-26(33)14-15-31(35-18-6-9-21-7-4-3-5-8-21)25-19-23-12-13-24(34-2)28(36-29)27(23)30(29,31)16-17-32(25)20-22-10-11-22/h3-5,7-8,12-13,22,25H,6,9-11,14-20H2,1-2H3/t25-,29?,30+,31-/m1/s1. The third kappa shape index (κ3) is 2.93. The van der Waals surface area contributed by atoms with Crippen molar-refractivity contribution >= 4 is 5.78 Å². The normalized spacial score (nSPS) is 34.3. The van der Waals surface area contributed by atoms with Gasteiger partial charge in [-0.05, 0) is 81.5 Å². The predicted octanol–water partition coefficient (Wildman–Crippen LogP) is 4.88. The summed E-state index contributed by atoms with van der Waals surface area (Å²) in [6, 6.07) is 15.2. The van der Waals surface area contributed by atoms with Gasteiger partial charge in [0, 0.05) is 31.2 Å². The van der Waals surface area contributed by atoms with E-state index in [2.05, 4.69) is 48.2 Å². The number of carbonyl (C=O) groups is 1. The molecular formula is C31H37NO4. The summed E-state index contributed by atoms with van der Waals surface area (Å²) in [5, 5.41) is 0. The molecule has 0 aromatic heterocycles. The molecule has 0 radical (unpaired) electrons. The largest absolute Gasteiger partial charge is 0.493 e. The second kappa shape index (κ2) is 8.06. The number of benzene rings is 2. The fourth-order valence-electron chi connectivity index (χ4n) is 8.30. The molecule has 1 spiro atoms. The number of likely N-dealkylation sites (tertiary alicyclic amines) is 1. The van der Waals surface area contributed by atoms with Crippen LogP contribution >= 0.6 is 0 Å². The second-order valence-corrected chi connectivity index (χ2v) is 11.8. The van der Waals surface area contributed by atoms with Crippen molar-refractivity contribution in [2.45, 2.75) is 80.9 Å². The number of methoxy groups -OCH3 is 1. The molecule has 4 atom stereocenters. The highest BCUT2D eigenvalue weighted by Gasteiger charge is 2.78. The minimum Gasteiger partial charge on any atom is -0.493 e. The molecule has 3 aliphatic carbocycles. The van der Waals surface area contributed by atoms with Gasteiger partial charge >= 0.3 is 0 Å². The monoisotopic (exact) mass is 487 g/mol. The van der Waals surface area contributed by atoms with Crippen LogP contribution in [0.5, 0.6) is 11.5 Å². The van der Waals surface area contributed by atoms with Crippen LogP contribution < -0.4 is 9.47 Å². The van der Waals surface area contributed by atoms with Crippen molar-refractivity contribution in [3.8, 4) is 11.5 Å². The van der Waals surface area contributed by atoms with Gasteiger partial charge in [0.2, 0.25) is 0 Å². The molecule has 5 aliphatic rings. The zero-order valence-electron chi connectivity index (χ0n) is 21.6. The minimum atomic E-state index is -0.916. The summed E-state index contributed by atoms with van der Waals surface area (Å²) in [5.41, 5.74) is 2.07. The zero-order valence-corrected chi connectivity index (χ0v) is 21.6. The van der Waals surface area contributed by atoms with Crippen molar-refractivity contribution in [1.82, 2.24) is 4.90 Å². The molecular weight excluding hydrogens is 450 g/mol. The molecule has 5 nitrogen and oxygen atoms in total. The van der Waals surface area contributed by atoms with E-state index in [0.29, 0.717) is 13.0 Å². The molecule has 0 amide bonds. The van der Waals surface area contributed by atoms with Gasteiger partial charge in [0.15, 0.2) is 22.9 Å². The van der Waals surface area contributed by atoms with Crippen molar-refractivity contribution in [3.63, 3.8) is 0 Å². The highest BCUT2D eigenvalue weighted by Crippen LogP contribution is 2.69. The lowest BCUT2D eigenvalue weighted by molar-refractivity contribution is -0.231. The molecule has 1 unspecified atom stereocenters. The van der Waals surface area contributed by atoms with Gasteiger partial charge in [-0.15, -0.1) is 0 Å². The maximum absolute atomic E-state index is 13.7. The van der Waals surface area contributed by atoms with E-state index < -0.39 is 16.6 Å². The van der Waals surface area contributed by atoms with Crippen molar-refractivity contribution in [2.24, 2.45) is 5.92 Å². The summed E-state index contributed by atoms with van der Waals surface area (Å²) in [5.74, 6) is 2.56. The Morgan fingerprint density at radius 3 is 2.72 bits per heavy atom. The molecule has 0 N–H and O–H groups in total. The van der Waals surface area contributed by atoms with Gasteiger partial charge in [-0.25, -0.2) is 0 Å². The molecule has 190 valence electrons. The quantitative estimate of drug-likeness (QED) is 0.497. The van der Waals surface area contributed by atoms with Crippen LogP contribution in [0.3, 0.4) is 0 Å². The Labute approximate surface area is 214 Å². The third-order valence-electron chi connectivity index (χ3n) is 10.1. The summed E-state index contributed by atoms with van der Waals surface area (Å²) in [6.07, 6.45) is 7.79. The smallest absolute Gasteiger partial charge is 0.177 e. The van der Waals surface area contributed by atoms with Crippen LogP contribution in [-0.4, -0.2) is 54.7 Å². The summed E-state index contributed by atoms with van der Waals surface area (Å²) in [4.78, 5) is 16.5. The van der Waals surface area contributed by atoms with Crippen LogP contribution in [0, 0.1) is 5.92 Å². The van der Waals surface area contributed by atoms with Gasteiger partial charge in [-0.3, -0.25) is 9.69 Å². The lowest BCUT2D eigenvalue weighted by Crippen LogP contribution is -2.80. The number of nitrogens with zero attached hydrogens (tertiary/aromatic N) is 1. The number of aryl methyl sites for hydroxylation is 1. The van der Waals surface area contributed by atoms with Crippen molar-refractivity contribution in [3.05, 3.63) is 59.2 Å². The molecule has 2 aromatic rings. The molecule has 7 rings (SSSR count). The Morgan fingerprint density at radius 1 is 1.11 bits per heavy atom. The summed E-state index contributed by atoms with van der Waals surface area (Å²) in [7, 11) is 1.70. The van der Waals surface area contributed by atoms with E-state index >= 15 is 0 Å². The molecule has 1 saturated heterocycles. The first-order chi connectivity index (χ1) is 17.5. The fraction of sp³-hybridized carbons (Fsp3) is 0.581. The third-order valence-corrected chi connectivity index (χ3v) is 10.1. The highest BCUT2D eigenvalue weighted by atomic mass is 16.5. The van der Waals surface area contributed by atoms with Gasteiger partial charge in [0.25, 0.3) is 0 Å². The average molecular weight is 488 g/mol. The first-order valence-electron chi connectivity index (χ1n) is 13.9. The van der Waals surface area contributed by atoms with E-state index in [0.717, 1.165) is 62.6 Å². The maximum atomic E-state index is 13.7. The van der Waals surface area contributed by atoms with E-state index in [9.17, 15) is 4.79 Å². The van der Waals surface area contributed by atoms with E-state index in [-0.39, 0.29) is 11.8 Å². The Morgan fingerprint density at radius 2 is 1.94 bits per heavy atom. The van der Waals surface area contributed by atoms with Crippen LogP contribution in [0.2, 0.25) is 0 Å². The molecule has 2 bridgehead atoms. The zero-order chi connectivity index (χ0) is 24.5. The van der Waals surface area contributed by atoms with Crippen molar-refractivity contribution in [2.75, 3.05) is 26.8 Å². The van der Waals surface area contributed by atoms with Crippen molar-refractivity contribution < 1.29 is 19.0 Å². The topological polar surface area (TPSA) is 48.0 Å². The van der Waals surface area contributed by atoms with Gasteiger partial charge in [-0.2, -0.15) is 0 Å². The Hall–Kier alpha value is -2.37. The number of ketones is 1. The molecule has 2 aromatic carbocycles. The summed E-state index contributed by atoms with van der Waals surface area (Å²) < 4.78 is 19.7. The highest BCUT2D eigenvalue weighted by molar-refractivity contribution is 5.94. The first-order valence-corrected chi connectivity index (χ1v) is 13.9. The Bertz CT molecular complexity index is 1190. The molecule has 3 fully saturated rings. The number of hydrogen-bond donors (Lipinski definition) is 0. The minimum absolute atomic E-state index is 0.214. The molecule has 36 heavy (non-hydrogen) atoms. The second-order valence-electron chi connectivity index (χ2n) is 11.8. The molecule has 2 aliphatic heterocycles. The summed E-state index contributed by atoms with van der Waals surface area (Å²) >= 11 is 0. The number of hydrogen-bond acceptors (Lipinski definition) is 5. The van der Waals surface area contributed by atoms with E-state index in [1.54, 1.807) is 7.11 Å². The first kappa shape index (κ1) is 22.8. The van der Waals surface area contributed by atoms with Crippen LogP contribution in [-0.2, 0) is 27.8 Å². The number of ether oxygens (including phenoxy) is 3. The maximum Gasteiger partial charge on any atom is 0.177 e. The predicted molar refractivity (Wildman–Crippen MR) is 138 cm³/mol. The number of carbonyl (C=O) groups excluding carboxylic acids is 1. The molecule has 2 heterocycles. The van der Waals surface area contributed by atoms with E-state index in [1.807, 2.05) is 6.07 Å². The number of piperidine rings is 1. The van der Waals surface area contributed by atoms with Gasteiger partial charge in [0.1, 0.15) is 0 Å². The van der Waals surface area contributed by atoms with Crippen LogP contribution in [0.4, 0.5) is 0 Å². The van der Waals surface area contributed by atoms with Gasteiger partial charge in [-0.1, -0.05) is 36.4 Å². The number of rotatable bonds is 8. The van der Waals surface area contributed by atoms with E-state index in [4.69, 9.17) is 14.2 Å². The molecule has 5 heteroatoms.